The van der Waals surface area contributed by atoms with Crippen LogP contribution in [0.4, 0.5) is 18.9 Å². The van der Waals surface area contributed by atoms with Gasteiger partial charge in [0.05, 0.1) is 17.9 Å². The summed E-state index contributed by atoms with van der Waals surface area (Å²) in [5, 5.41) is 6.41. The highest BCUT2D eigenvalue weighted by atomic mass is 35.5. The molecule has 4 rings (SSSR count). The first kappa shape index (κ1) is 26.2. The van der Waals surface area contributed by atoms with Crippen molar-refractivity contribution in [1.82, 2.24) is 14.9 Å². The van der Waals surface area contributed by atoms with Crippen LogP contribution in [0.2, 0.25) is 0 Å². The van der Waals surface area contributed by atoms with Gasteiger partial charge >= 0.3 is 6.18 Å². The summed E-state index contributed by atoms with van der Waals surface area (Å²) in [7, 11) is 0. The Morgan fingerprint density at radius 1 is 1.22 bits per heavy atom. The van der Waals surface area contributed by atoms with Gasteiger partial charge in [0.2, 0.25) is 0 Å². The third-order valence-corrected chi connectivity index (χ3v) is 5.96. The minimum absolute atomic E-state index is 0.124. The van der Waals surface area contributed by atoms with Crippen molar-refractivity contribution in [3.63, 3.8) is 0 Å². The second-order valence-corrected chi connectivity index (χ2v) is 9.17. The molecule has 6 nitrogen and oxygen atoms in total. The molecule has 1 aliphatic rings. The van der Waals surface area contributed by atoms with E-state index in [-0.39, 0.29) is 23.2 Å². The quantitative estimate of drug-likeness (QED) is 0.367. The molecule has 2 aromatic carbocycles. The smallest absolute Gasteiger partial charge is 0.364 e. The molecule has 0 bridgehead atoms. The summed E-state index contributed by atoms with van der Waals surface area (Å²) in [5.74, 6) is 0.245. The van der Waals surface area contributed by atoms with Gasteiger partial charge in [-0.25, -0.2) is 9.98 Å². The van der Waals surface area contributed by atoms with E-state index in [2.05, 4.69) is 27.5 Å². The van der Waals surface area contributed by atoms with E-state index in [0.717, 1.165) is 24.1 Å². The third kappa shape index (κ3) is 6.89. The second kappa shape index (κ2) is 11.0. The lowest BCUT2D eigenvalue weighted by Gasteiger charge is -2.19. The van der Waals surface area contributed by atoms with Gasteiger partial charge < -0.3 is 15.2 Å². The van der Waals surface area contributed by atoms with Gasteiger partial charge in [-0.2, -0.15) is 13.2 Å². The van der Waals surface area contributed by atoms with Gasteiger partial charge in [0.25, 0.3) is 5.91 Å². The second-order valence-electron chi connectivity index (χ2n) is 8.78. The number of alkyl halides is 3. The van der Waals surface area contributed by atoms with Gasteiger partial charge in [-0.05, 0) is 67.3 Å². The first-order valence-electron chi connectivity index (χ1n) is 11.6. The van der Waals surface area contributed by atoms with Crippen LogP contribution < -0.4 is 10.6 Å². The minimum Gasteiger partial charge on any atom is -0.364 e. The Hall–Kier alpha value is -3.85. The van der Waals surface area contributed by atoms with Crippen molar-refractivity contribution in [2.24, 2.45) is 10.9 Å². The van der Waals surface area contributed by atoms with Crippen LogP contribution in [0.15, 0.2) is 90.2 Å². The number of imidazole rings is 1. The molecule has 1 aromatic heterocycles. The number of rotatable bonds is 6. The molecule has 3 aromatic rings. The van der Waals surface area contributed by atoms with E-state index in [4.69, 9.17) is 11.6 Å². The predicted octanol–water partition coefficient (Wildman–Crippen LogP) is 6.87. The molecule has 1 unspecified atom stereocenters. The van der Waals surface area contributed by atoms with Crippen LogP contribution in [0.1, 0.15) is 47.8 Å². The Kier molecular flexibility index (Phi) is 7.83. The van der Waals surface area contributed by atoms with Gasteiger partial charge in [-0.15, -0.1) is 0 Å². The average molecular weight is 528 g/mol. The Balaban J connectivity index is 1.55. The monoisotopic (exact) mass is 527 g/mol. The number of hydrogen-bond acceptors (Lipinski definition) is 4. The van der Waals surface area contributed by atoms with Gasteiger partial charge in [0.15, 0.2) is 0 Å². The first-order valence-corrected chi connectivity index (χ1v) is 12.0. The number of carbonyl (C=O) groups excluding carboxylic acids is 1. The van der Waals surface area contributed by atoms with Crippen LogP contribution in [0.25, 0.3) is 5.69 Å². The zero-order valence-corrected chi connectivity index (χ0v) is 20.9. The van der Waals surface area contributed by atoms with Crippen LogP contribution in [0.5, 0.6) is 0 Å². The molecule has 2 heterocycles. The molecular formula is C27H25ClF3N5O. The summed E-state index contributed by atoms with van der Waals surface area (Å²) in [6.45, 7) is 4.02. The highest BCUT2D eigenvalue weighted by Gasteiger charge is 2.32. The average Bonchev–Trinajstić information content (AvgIpc) is 3.37. The maximum Gasteiger partial charge on any atom is 0.416 e. The molecule has 0 aliphatic carbocycles. The molecule has 2 atom stereocenters. The number of aromatic nitrogens is 2. The molecule has 0 radical (unpaired) electrons. The van der Waals surface area contributed by atoms with Gasteiger partial charge in [0, 0.05) is 29.3 Å². The van der Waals surface area contributed by atoms with Crippen LogP contribution in [0, 0.1) is 5.92 Å². The van der Waals surface area contributed by atoms with E-state index in [1.165, 1.54) is 29.4 Å². The summed E-state index contributed by atoms with van der Waals surface area (Å²) >= 11 is 6.15. The molecule has 192 valence electrons. The lowest BCUT2D eigenvalue weighted by molar-refractivity contribution is -0.137. The van der Waals surface area contributed by atoms with E-state index in [1.54, 1.807) is 24.3 Å². The van der Waals surface area contributed by atoms with Crippen LogP contribution in [-0.4, -0.2) is 20.6 Å². The molecule has 10 heteroatoms. The lowest BCUT2D eigenvalue weighted by atomic mass is 10.0. The number of carbonyl (C=O) groups is 1. The summed E-state index contributed by atoms with van der Waals surface area (Å²) in [5.41, 5.74) is 0.424. The summed E-state index contributed by atoms with van der Waals surface area (Å²) in [6.07, 6.45) is 6.29. The zero-order valence-electron chi connectivity index (χ0n) is 20.1. The molecule has 1 aliphatic heterocycles. The predicted molar refractivity (Wildman–Crippen MR) is 139 cm³/mol. The topological polar surface area (TPSA) is 71.3 Å². The van der Waals surface area contributed by atoms with Crippen LogP contribution in [-0.2, 0) is 6.18 Å². The number of allylic oxidation sites excluding steroid dienone is 3. The third-order valence-electron chi connectivity index (χ3n) is 5.75. The fourth-order valence-electron chi connectivity index (χ4n) is 3.85. The standard InChI is InChI=1S/C27H25ClF3N5O/c1-17-5-3-8-24(28)35-25(11-17)33-18(2)19-6-4-7-22(13-19)34-26(37)20-12-21(27(29,30)31)15-23(14-20)36-10-9-32-16-36/h3-4,6-18,33H,5H2,1-2H3,(H,34,37)/b8-3+,25-11-,35-24+/t17?,18-/m0/s1. The van der Waals surface area contributed by atoms with E-state index in [0.29, 0.717) is 16.7 Å². The lowest BCUT2D eigenvalue weighted by Crippen LogP contribution is -2.19. The number of halogens is 4. The first-order chi connectivity index (χ1) is 17.6. The molecular weight excluding hydrogens is 503 g/mol. The maximum absolute atomic E-state index is 13.5. The van der Waals surface area contributed by atoms with Crippen molar-refractivity contribution >= 4 is 28.4 Å². The molecule has 0 fully saturated rings. The van der Waals surface area contributed by atoms with Crippen molar-refractivity contribution in [2.75, 3.05) is 5.32 Å². The summed E-state index contributed by atoms with van der Waals surface area (Å²) in [6, 6.07) is 10.1. The molecule has 0 spiro atoms. The number of nitrogens with one attached hydrogen (secondary N) is 2. The number of benzene rings is 2. The van der Waals surface area contributed by atoms with E-state index in [1.807, 2.05) is 25.1 Å². The Morgan fingerprint density at radius 3 is 2.76 bits per heavy atom. The van der Waals surface area contributed by atoms with Crippen molar-refractivity contribution < 1.29 is 18.0 Å². The van der Waals surface area contributed by atoms with Crippen molar-refractivity contribution in [2.45, 2.75) is 32.5 Å². The van der Waals surface area contributed by atoms with E-state index in [9.17, 15) is 18.0 Å². The Labute approximate surface area is 217 Å². The van der Waals surface area contributed by atoms with Gasteiger partial charge in [-0.3, -0.25) is 4.79 Å². The number of hydrogen-bond donors (Lipinski definition) is 2. The van der Waals surface area contributed by atoms with Crippen LogP contribution in [0.3, 0.4) is 0 Å². The largest absolute Gasteiger partial charge is 0.416 e. The molecule has 0 saturated carbocycles. The minimum atomic E-state index is -4.61. The SMILES string of the molecule is CC1\C=C(N[C@@H](C)c2cccc(NC(=O)c3cc(-n4ccnc4)cc(C(F)(F)F)c3)c2)/N=C(Cl)\C=C\C1. The van der Waals surface area contributed by atoms with Gasteiger partial charge in [-0.1, -0.05) is 36.7 Å². The van der Waals surface area contributed by atoms with Crippen molar-refractivity contribution in [3.05, 3.63) is 102 Å². The normalized spacial score (nSPS) is 20.4. The highest BCUT2D eigenvalue weighted by molar-refractivity contribution is 6.68. The number of anilines is 1. The van der Waals surface area contributed by atoms with Crippen LogP contribution >= 0.6 is 11.6 Å². The molecule has 1 amide bonds. The summed E-state index contributed by atoms with van der Waals surface area (Å²) < 4.78 is 42.0. The molecule has 0 saturated heterocycles. The number of aliphatic imine (C=N–C) groups is 1. The fourth-order valence-corrected chi connectivity index (χ4v) is 4.03. The highest BCUT2D eigenvalue weighted by Crippen LogP contribution is 2.32. The zero-order chi connectivity index (χ0) is 26.6. The number of amides is 1. The summed E-state index contributed by atoms with van der Waals surface area (Å²) in [4.78, 5) is 21.3. The van der Waals surface area contributed by atoms with Crippen molar-refractivity contribution in [3.8, 4) is 5.69 Å². The Bertz CT molecular complexity index is 1360. The van der Waals surface area contributed by atoms with E-state index < -0.39 is 17.6 Å². The van der Waals surface area contributed by atoms with E-state index >= 15 is 0 Å². The fraction of sp³-hybridized carbons (Fsp3) is 0.222. The number of nitrogens with zero attached hydrogens (tertiary/aromatic N) is 3. The van der Waals surface area contributed by atoms with Gasteiger partial charge in [0.1, 0.15) is 11.0 Å². The maximum atomic E-state index is 13.5. The molecule has 2 N–H and O–H groups in total. The molecule has 37 heavy (non-hydrogen) atoms. The Morgan fingerprint density at radius 2 is 2.03 bits per heavy atom. The van der Waals surface area contributed by atoms with Crippen molar-refractivity contribution in [1.29, 1.82) is 0 Å².